The van der Waals surface area contributed by atoms with Crippen LogP contribution in [0.15, 0.2) is 15.6 Å². The van der Waals surface area contributed by atoms with Crippen LogP contribution < -0.4 is 5.32 Å². The third kappa shape index (κ3) is 2.58. The molecule has 0 fully saturated rings. The average molecular weight is 239 g/mol. The van der Waals surface area contributed by atoms with Gasteiger partial charge >= 0.3 is 0 Å². The normalized spacial score (nSPS) is 21.9. The van der Waals surface area contributed by atoms with Gasteiger partial charge in [-0.25, -0.2) is 4.98 Å². The molecule has 0 bridgehead atoms. The van der Waals surface area contributed by atoms with Gasteiger partial charge in [-0.3, -0.25) is 4.99 Å². The maximum atomic E-state index is 5.47. The van der Waals surface area contributed by atoms with Gasteiger partial charge in [0.2, 0.25) is 5.89 Å². The van der Waals surface area contributed by atoms with E-state index < -0.39 is 0 Å². The molecule has 1 aliphatic heterocycles. The van der Waals surface area contributed by atoms with Crippen molar-refractivity contribution in [2.45, 2.75) is 39.3 Å². The molecule has 88 valence electrons. The number of rotatable bonds is 3. The zero-order valence-electron chi connectivity index (χ0n) is 9.86. The minimum absolute atomic E-state index is 0.0792. The maximum Gasteiger partial charge on any atom is 0.216 e. The number of amidine groups is 1. The molecule has 2 heterocycles. The molecule has 0 spiro atoms. The molecule has 1 aromatic rings. The van der Waals surface area contributed by atoms with Gasteiger partial charge in [0.05, 0.1) is 12.2 Å². The first kappa shape index (κ1) is 11.5. The highest BCUT2D eigenvalue weighted by Gasteiger charge is 2.19. The molecular formula is C11H17N3OS. The van der Waals surface area contributed by atoms with E-state index in [0.717, 1.165) is 29.0 Å². The third-order valence-electron chi connectivity index (χ3n) is 2.53. The van der Waals surface area contributed by atoms with Gasteiger partial charge in [0, 0.05) is 5.75 Å². The summed E-state index contributed by atoms with van der Waals surface area (Å²) in [5, 5.41) is 4.34. The van der Waals surface area contributed by atoms with Crippen LogP contribution in [0.2, 0.25) is 0 Å². The second-order valence-corrected chi connectivity index (χ2v) is 4.99. The summed E-state index contributed by atoms with van der Waals surface area (Å²) in [5.74, 6) is 2.65. The number of oxazole rings is 1. The Morgan fingerprint density at radius 3 is 3.06 bits per heavy atom. The minimum atomic E-state index is 0.0792. The first-order valence-corrected chi connectivity index (χ1v) is 6.57. The number of nitrogens with zero attached hydrogens (tertiary/aromatic N) is 2. The number of thioether (sulfide) groups is 1. The van der Waals surface area contributed by atoms with Gasteiger partial charge < -0.3 is 9.73 Å². The Balaban J connectivity index is 1.95. The summed E-state index contributed by atoms with van der Waals surface area (Å²) in [6.45, 7) is 6.10. The molecule has 4 nitrogen and oxygen atoms in total. The van der Waals surface area contributed by atoms with Crippen LogP contribution in [0.5, 0.6) is 0 Å². The Hall–Kier alpha value is -0.970. The monoisotopic (exact) mass is 239 g/mol. The lowest BCUT2D eigenvalue weighted by atomic mass is 10.3. The fraction of sp³-hybridized carbons (Fsp3) is 0.636. The number of hydrogen-bond donors (Lipinski definition) is 1. The Morgan fingerprint density at radius 1 is 1.69 bits per heavy atom. The van der Waals surface area contributed by atoms with E-state index in [2.05, 4.69) is 22.2 Å². The Bertz CT molecular complexity index is 388. The van der Waals surface area contributed by atoms with Gasteiger partial charge in [-0.1, -0.05) is 18.7 Å². The van der Waals surface area contributed by atoms with Gasteiger partial charge in [0.1, 0.15) is 11.8 Å². The highest BCUT2D eigenvalue weighted by atomic mass is 32.2. The van der Waals surface area contributed by atoms with E-state index in [1.54, 1.807) is 18.0 Å². The molecule has 2 rings (SSSR count). The van der Waals surface area contributed by atoms with E-state index in [1.807, 2.05) is 13.8 Å². The lowest BCUT2D eigenvalue weighted by Crippen LogP contribution is -2.23. The molecule has 16 heavy (non-hydrogen) atoms. The van der Waals surface area contributed by atoms with Crippen LogP contribution in [0.3, 0.4) is 0 Å². The number of nitrogens with one attached hydrogen (secondary N) is 1. The predicted molar refractivity (Wildman–Crippen MR) is 66.8 cm³/mol. The topological polar surface area (TPSA) is 50.4 Å². The van der Waals surface area contributed by atoms with E-state index >= 15 is 0 Å². The second-order valence-electron chi connectivity index (χ2n) is 3.98. The first-order chi connectivity index (χ1) is 7.69. The zero-order chi connectivity index (χ0) is 11.5. The Morgan fingerprint density at radius 2 is 2.50 bits per heavy atom. The van der Waals surface area contributed by atoms with Crippen molar-refractivity contribution in [2.75, 3.05) is 5.75 Å². The summed E-state index contributed by atoms with van der Waals surface area (Å²) in [6, 6.07) is 0.543. The molecule has 0 aliphatic carbocycles. The van der Waals surface area contributed by atoms with E-state index in [-0.39, 0.29) is 6.04 Å². The third-order valence-corrected chi connectivity index (χ3v) is 3.58. The van der Waals surface area contributed by atoms with Crippen LogP contribution in [0.25, 0.3) is 0 Å². The highest BCUT2D eigenvalue weighted by Crippen LogP contribution is 2.21. The number of aryl methyl sites for hydroxylation is 1. The smallest absolute Gasteiger partial charge is 0.216 e. The predicted octanol–water partition coefficient (Wildman–Crippen LogP) is 2.52. The largest absolute Gasteiger partial charge is 0.444 e. The van der Waals surface area contributed by atoms with Crippen LogP contribution in [0.4, 0.5) is 0 Å². The molecule has 1 N–H and O–H groups in total. The molecule has 5 heteroatoms. The summed E-state index contributed by atoms with van der Waals surface area (Å²) in [4.78, 5) is 8.78. The van der Waals surface area contributed by atoms with Crippen molar-refractivity contribution in [3.05, 3.63) is 17.8 Å². The molecule has 0 aromatic carbocycles. The summed E-state index contributed by atoms with van der Waals surface area (Å²) in [6.07, 6.45) is 2.84. The molecule has 2 unspecified atom stereocenters. The van der Waals surface area contributed by atoms with Crippen molar-refractivity contribution in [2.24, 2.45) is 4.99 Å². The van der Waals surface area contributed by atoms with Crippen molar-refractivity contribution in [1.82, 2.24) is 10.3 Å². The first-order valence-electron chi connectivity index (χ1n) is 5.58. The van der Waals surface area contributed by atoms with Gasteiger partial charge in [0.15, 0.2) is 5.17 Å². The van der Waals surface area contributed by atoms with Gasteiger partial charge in [-0.2, -0.15) is 0 Å². The molecule has 0 saturated carbocycles. The summed E-state index contributed by atoms with van der Waals surface area (Å²) in [5.41, 5.74) is 0. The van der Waals surface area contributed by atoms with Crippen LogP contribution >= 0.6 is 11.8 Å². The maximum absolute atomic E-state index is 5.47. The fourth-order valence-electron chi connectivity index (χ4n) is 1.52. The molecule has 0 amide bonds. The van der Waals surface area contributed by atoms with Gasteiger partial charge in [0.25, 0.3) is 0 Å². The van der Waals surface area contributed by atoms with Crippen molar-refractivity contribution < 1.29 is 4.42 Å². The van der Waals surface area contributed by atoms with Gasteiger partial charge in [-0.15, -0.1) is 0 Å². The second kappa shape index (κ2) is 4.91. The zero-order valence-corrected chi connectivity index (χ0v) is 10.7. The van der Waals surface area contributed by atoms with Crippen molar-refractivity contribution in [3.8, 4) is 0 Å². The molecule has 2 atom stereocenters. The van der Waals surface area contributed by atoms with E-state index in [1.165, 1.54) is 0 Å². The lowest BCUT2D eigenvalue weighted by molar-refractivity contribution is 0.430. The SMILES string of the molecule is CCC1CSC(NC(C)c2ncc(C)o2)=N1. The molecule has 1 aliphatic rings. The molecule has 1 aromatic heterocycles. The average Bonchev–Trinajstić information content (AvgIpc) is 2.87. The summed E-state index contributed by atoms with van der Waals surface area (Å²) >= 11 is 1.77. The van der Waals surface area contributed by atoms with Gasteiger partial charge in [-0.05, 0) is 20.3 Å². The minimum Gasteiger partial charge on any atom is -0.444 e. The quantitative estimate of drug-likeness (QED) is 0.880. The number of aromatic nitrogens is 1. The summed E-state index contributed by atoms with van der Waals surface area (Å²) < 4.78 is 5.47. The van der Waals surface area contributed by atoms with Crippen LogP contribution in [0, 0.1) is 6.92 Å². The Labute approximate surface area is 99.9 Å². The van der Waals surface area contributed by atoms with E-state index in [9.17, 15) is 0 Å². The Kier molecular flexibility index (Phi) is 3.53. The fourth-order valence-corrected chi connectivity index (χ4v) is 2.67. The summed E-state index contributed by atoms with van der Waals surface area (Å²) in [7, 11) is 0. The van der Waals surface area contributed by atoms with Crippen LogP contribution in [-0.4, -0.2) is 21.9 Å². The van der Waals surface area contributed by atoms with E-state index in [4.69, 9.17) is 4.42 Å². The number of aliphatic imine (C=N–C) groups is 1. The van der Waals surface area contributed by atoms with Crippen molar-refractivity contribution in [3.63, 3.8) is 0 Å². The molecular weight excluding hydrogens is 222 g/mol. The van der Waals surface area contributed by atoms with Crippen molar-refractivity contribution >= 4 is 16.9 Å². The van der Waals surface area contributed by atoms with Crippen LogP contribution in [-0.2, 0) is 0 Å². The van der Waals surface area contributed by atoms with Crippen molar-refractivity contribution in [1.29, 1.82) is 0 Å². The lowest BCUT2D eigenvalue weighted by Gasteiger charge is -2.10. The van der Waals surface area contributed by atoms with E-state index in [0.29, 0.717) is 6.04 Å². The molecule has 0 radical (unpaired) electrons. The highest BCUT2D eigenvalue weighted by molar-refractivity contribution is 8.14. The number of hydrogen-bond acceptors (Lipinski definition) is 5. The standard InChI is InChI=1S/C11H17N3OS/c1-4-9-6-16-11(14-9)13-8(3)10-12-5-7(2)15-10/h5,8-9H,4,6H2,1-3H3,(H,13,14). The van der Waals surface area contributed by atoms with Crippen LogP contribution in [0.1, 0.15) is 38.0 Å². The molecule has 0 saturated heterocycles.